The van der Waals surface area contributed by atoms with E-state index in [1.165, 1.54) is 0 Å². The Morgan fingerprint density at radius 2 is 1.72 bits per heavy atom. The van der Waals surface area contributed by atoms with Crippen LogP contribution in [0.3, 0.4) is 0 Å². The molecule has 10 nitrogen and oxygen atoms in total. The summed E-state index contributed by atoms with van der Waals surface area (Å²) in [5.74, 6) is 0. The number of carbonyl (C=O) groups is 1. The Morgan fingerprint density at radius 3 is 2.06 bits per heavy atom. The predicted octanol–water partition coefficient (Wildman–Crippen LogP) is 1.26. The van der Waals surface area contributed by atoms with Crippen molar-refractivity contribution < 1.29 is 19.4 Å². The number of methoxy groups -OCH3 is 1. The minimum atomic E-state index is -0.914. The molecule has 10 heteroatoms. The maximum atomic E-state index is 10.9. The van der Waals surface area contributed by atoms with Gasteiger partial charge in [-0.1, -0.05) is 0 Å². The molecular weight excluding hydrogens is 248 g/mol. The number of nitro groups is 2. The second-order valence-corrected chi connectivity index (χ2v) is 3.06. The van der Waals surface area contributed by atoms with E-state index in [0.717, 1.165) is 19.2 Å². The molecule has 18 heavy (non-hydrogen) atoms. The first-order valence-electron chi connectivity index (χ1n) is 4.44. The molecule has 0 saturated heterocycles. The minimum absolute atomic E-state index is 0.158. The van der Waals surface area contributed by atoms with Crippen molar-refractivity contribution in [3.05, 3.63) is 32.4 Å². The van der Waals surface area contributed by atoms with Gasteiger partial charge in [0.1, 0.15) is 0 Å². The number of nitrogens with zero attached hydrogens (tertiary/aromatic N) is 2. The zero-order chi connectivity index (χ0) is 13.9. The summed E-state index contributed by atoms with van der Waals surface area (Å²) in [7, 11) is 1.08. The van der Waals surface area contributed by atoms with E-state index in [4.69, 9.17) is 5.73 Å². The summed E-state index contributed by atoms with van der Waals surface area (Å²) < 4.78 is 4.26. The van der Waals surface area contributed by atoms with Crippen LogP contribution in [0.5, 0.6) is 0 Å². The van der Waals surface area contributed by atoms with E-state index in [1.807, 2.05) is 0 Å². The van der Waals surface area contributed by atoms with Crippen molar-refractivity contribution in [1.29, 1.82) is 0 Å². The van der Waals surface area contributed by atoms with E-state index in [-0.39, 0.29) is 5.69 Å². The van der Waals surface area contributed by atoms with Crippen molar-refractivity contribution in [2.45, 2.75) is 0 Å². The van der Waals surface area contributed by atoms with Crippen molar-refractivity contribution in [3.8, 4) is 0 Å². The third-order valence-corrected chi connectivity index (χ3v) is 1.96. The number of hydrogen-bond acceptors (Lipinski definition) is 7. The summed E-state index contributed by atoms with van der Waals surface area (Å²) in [5.41, 5.74) is 3.21. The van der Waals surface area contributed by atoms with Gasteiger partial charge in [-0.05, 0) is 0 Å². The quantitative estimate of drug-likeness (QED) is 0.469. The lowest BCUT2D eigenvalue weighted by molar-refractivity contribution is -0.392. The molecule has 1 aromatic rings. The summed E-state index contributed by atoms with van der Waals surface area (Å²) in [4.78, 5) is 30.5. The molecule has 1 aromatic carbocycles. The largest absolute Gasteiger partial charge is 0.453 e. The van der Waals surface area contributed by atoms with Crippen LogP contribution in [0.15, 0.2) is 12.1 Å². The van der Waals surface area contributed by atoms with Crippen molar-refractivity contribution in [2.75, 3.05) is 18.2 Å². The number of nitrogens with two attached hydrogens (primary N) is 1. The van der Waals surface area contributed by atoms with Gasteiger partial charge >= 0.3 is 17.5 Å². The molecule has 96 valence electrons. The number of rotatable bonds is 3. The lowest BCUT2D eigenvalue weighted by atomic mass is 10.2. The Balaban J connectivity index is 3.33. The van der Waals surface area contributed by atoms with Gasteiger partial charge in [-0.3, -0.25) is 25.5 Å². The number of nitrogen functional groups attached to an aromatic ring is 1. The molecule has 0 aliphatic carbocycles. The standard InChI is InChI=1S/C8H8N4O6/c1-18-8(13)10-4-2-5(11(14)15)7(9)6(3-4)12(16)17/h2-3H,9H2,1H3,(H,10,13). The molecule has 0 bridgehead atoms. The van der Waals surface area contributed by atoms with Crippen LogP contribution >= 0.6 is 0 Å². The maximum absolute atomic E-state index is 10.9. The number of amides is 1. The van der Waals surface area contributed by atoms with Crippen LogP contribution < -0.4 is 11.1 Å². The highest BCUT2D eigenvalue weighted by atomic mass is 16.6. The normalized spacial score (nSPS) is 9.61. The summed E-state index contributed by atoms with van der Waals surface area (Å²) in [6.07, 6.45) is -0.914. The van der Waals surface area contributed by atoms with Crippen LogP contribution in [0.4, 0.5) is 27.5 Å². The van der Waals surface area contributed by atoms with Gasteiger partial charge in [-0.25, -0.2) is 4.79 Å². The van der Waals surface area contributed by atoms with E-state index in [9.17, 15) is 25.0 Å². The number of benzene rings is 1. The van der Waals surface area contributed by atoms with E-state index >= 15 is 0 Å². The summed E-state index contributed by atoms with van der Waals surface area (Å²) >= 11 is 0. The second kappa shape index (κ2) is 4.95. The van der Waals surface area contributed by atoms with Crippen LogP contribution in [-0.4, -0.2) is 23.0 Å². The van der Waals surface area contributed by atoms with Gasteiger partial charge in [-0.2, -0.15) is 0 Å². The van der Waals surface area contributed by atoms with Crippen LogP contribution in [0, 0.1) is 20.2 Å². The maximum Gasteiger partial charge on any atom is 0.411 e. The van der Waals surface area contributed by atoms with E-state index < -0.39 is 33.0 Å². The Labute approximate surface area is 99.6 Å². The fourth-order valence-electron chi connectivity index (χ4n) is 1.17. The van der Waals surface area contributed by atoms with Crippen LogP contribution in [-0.2, 0) is 4.74 Å². The van der Waals surface area contributed by atoms with E-state index in [1.54, 1.807) is 0 Å². The average Bonchev–Trinajstić information content (AvgIpc) is 2.30. The van der Waals surface area contributed by atoms with E-state index in [0.29, 0.717) is 0 Å². The van der Waals surface area contributed by atoms with Gasteiger partial charge in [0.15, 0.2) is 5.69 Å². The highest BCUT2D eigenvalue weighted by Gasteiger charge is 2.24. The molecular formula is C8H8N4O6. The zero-order valence-electron chi connectivity index (χ0n) is 9.08. The fourth-order valence-corrected chi connectivity index (χ4v) is 1.17. The third kappa shape index (κ3) is 2.61. The topological polar surface area (TPSA) is 151 Å². The number of ether oxygens (including phenoxy) is 1. The Hall–Kier alpha value is -2.91. The number of hydrogen-bond donors (Lipinski definition) is 2. The average molecular weight is 256 g/mol. The number of nitro benzene ring substituents is 2. The van der Waals surface area contributed by atoms with Gasteiger partial charge < -0.3 is 10.5 Å². The van der Waals surface area contributed by atoms with E-state index in [2.05, 4.69) is 10.1 Å². The van der Waals surface area contributed by atoms with Gasteiger partial charge in [0.2, 0.25) is 0 Å². The third-order valence-electron chi connectivity index (χ3n) is 1.96. The van der Waals surface area contributed by atoms with Gasteiger partial charge in [0.25, 0.3) is 0 Å². The van der Waals surface area contributed by atoms with Gasteiger partial charge in [0, 0.05) is 12.1 Å². The molecule has 0 aliphatic rings. The number of anilines is 2. The lowest BCUT2D eigenvalue weighted by Crippen LogP contribution is -2.12. The van der Waals surface area contributed by atoms with Crippen molar-refractivity contribution in [1.82, 2.24) is 0 Å². The zero-order valence-corrected chi connectivity index (χ0v) is 9.08. The molecule has 0 aliphatic heterocycles. The molecule has 0 radical (unpaired) electrons. The Kier molecular flexibility index (Phi) is 3.62. The molecule has 0 fully saturated rings. The highest BCUT2D eigenvalue weighted by Crippen LogP contribution is 2.34. The molecule has 0 saturated carbocycles. The fraction of sp³-hybridized carbons (Fsp3) is 0.125. The first-order valence-corrected chi connectivity index (χ1v) is 4.44. The van der Waals surface area contributed by atoms with Crippen molar-refractivity contribution in [2.24, 2.45) is 0 Å². The van der Waals surface area contributed by atoms with Crippen LogP contribution in [0.1, 0.15) is 0 Å². The summed E-state index contributed by atoms with van der Waals surface area (Å²) in [6.45, 7) is 0. The monoisotopic (exact) mass is 256 g/mol. The lowest BCUT2D eigenvalue weighted by Gasteiger charge is -2.05. The SMILES string of the molecule is COC(=O)Nc1cc([N+](=O)[O-])c(N)c([N+](=O)[O-])c1. The van der Waals surface area contributed by atoms with Crippen LogP contribution in [0.25, 0.3) is 0 Å². The smallest absolute Gasteiger partial charge is 0.411 e. The molecule has 0 heterocycles. The molecule has 0 atom stereocenters. The number of nitrogens with one attached hydrogen (secondary N) is 1. The van der Waals surface area contributed by atoms with Crippen molar-refractivity contribution >= 4 is 28.8 Å². The first-order chi connectivity index (χ1) is 8.36. The molecule has 1 amide bonds. The highest BCUT2D eigenvalue weighted by molar-refractivity contribution is 5.88. The summed E-state index contributed by atoms with van der Waals surface area (Å²) in [6, 6.07) is 1.80. The number of carbonyl (C=O) groups excluding carboxylic acids is 1. The molecule has 0 unspecified atom stereocenters. The predicted molar refractivity (Wildman–Crippen MR) is 60.2 cm³/mol. The molecule has 0 aromatic heterocycles. The molecule has 0 spiro atoms. The second-order valence-electron chi connectivity index (χ2n) is 3.06. The Morgan fingerprint density at radius 1 is 1.28 bits per heavy atom. The minimum Gasteiger partial charge on any atom is -0.453 e. The Bertz CT molecular complexity index is 493. The van der Waals surface area contributed by atoms with Crippen molar-refractivity contribution in [3.63, 3.8) is 0 Å². The van der Waals surface area contributed by atoms with Gasteiger partial charge in [0.05, 0.1) is 22.6 Å². The molecule has 1 rings (SSSR count). The molecule has 3 N–H and O–H groups in total. The summed E-state index contributed by atoms with van der Waals surface area (Å²) in [5, 5.41) is 23.4. The first kappa shape index (κ1) is 13.2. The van der Waals surface area contributed by atoms with Gasteiger partial charge in [-0.15, -0.1) is 0 Å². The van der Waals surface area contributed by atoms with Crippen LogP contribution in [0.2, 0.25) is 0 Å².